The number of anilines is 1. The fourth-order valence-electron chi connectivity index (χ4n) is 2.10. The fourth-order valence-corrected chi connectivity index (χ4v) is 2.59. The molecule has 7 heteroatoms. The van der Waals surface area contributed by atoms with Crippen LogP contribution in [0.15, 0.2) is 18.2 Å². The van der Waals surface area contributed by atoms with Gasteiger partial charge < -0.3 is 20.1 Å². The number of carboxylic acids is 1. The Morgan fingerprint density at radius 3 is 2.85 bits per heavy atom. The first-order chi connectivity index (χ1) is 9.51. The van der Waals surface area contributed by atoms with E-state index < -0.39 is 5.97 Å². The molecular weight excluding hydrogens is 375 g/mol. The molecule has 2 amide bonds. The van der Waals surface area contributed by atoms with Crippen LogP contribution in [0, 0.1) is 3.57 Å². The van der Waals surface area contributed by atoms with Crippen molar-refractivity contribution in [2.75, 3.05) is 25.5 Å². The van der Waals surface area contributed by atoms with E-state index in [1.807, 2.05) is 22.6 Å². The summed E-state index contributed by atoms with van der Waals surface area (Å²) < 4.78 is 6.01. The van der Waals surface area contributed by atoms with Crippen molar-refractivity contribution in [3.8, 4) is 0 Å². The van der Waals surface area contributed by atoms with Gasteiger partial charge in [0.1, 0.15) is 0 Å². The van der Waals surface area contributed by atoms with Crippen molar-refractivity contribution in [2.24, 2.45) is 0 Å². The molecule has 20 heavy (non-hydrogen) atoms. The predicted octanol–water partition coefficient (Wildman–Crippen LogP) is 2.24. The van der Waals surface area contributed by atoms with E-state index in [1.54, 1.807) is 24.1 Å². The van der Waals surface area contributed by atoms with Crippen molar-refractivity contribution < 1.29 is 19.4 Å². The maximum Gasteiger partial charge on any atom is 0.337 e. The Balaban J connectivity index is 2.10. The first-order valence-corrected chi connectivity index (χ1v) is 7.20. The lowest BCUT2D eigenvalue weighted by Gasteiger charge is -2.18. The molecule has 1 heterocycles. The number of urea groups is 1. The Hall–Kier alpha value is -1.35. The zero-order valence-corrected chi connectivity index (χ0v) is 13.1. The minimum atomic E-state index is -1.06. The van der Waals surface area contributed by atoms with E-state index in [9.17, 15) is 9.59 Å². The molecule has 108 valence electrons. The zero-order chi connectivity index (χ0) is 14.7. The number of halogens is 1. The van der Waals surface area contributed by atoms with Gasteiger partial charge in [0.25, 0.3) is 0 Å². The number of nitrogens with one attached hydrogen (secondary N) is 1. The van der Waals surface area contributed by atoms with Crippen LogP contribution in [0.1, 0.15) is 16.8 Å². The van der Waals surface area contributed by atoms with Gasteiger partial charge >= 0.3 is 12.0 Å². The molecule has 6 nitrogen and oxygen atoms in total. The quantitative estimate of drug-likeness (QED) is 0.777. The number of rotatable bonds is 3. The van der Waals surface area contributed by atoms with Crippen molar-refractivity contribution in [1.29, 1.82) is 0 Å². The Kier molecular flexibility index (Phi) is 4.81. The number of amides is 2. The van der Waals surface area contributed by atoms with Gasteiger partial charge in [-0.2, -0.15) is 0 Å². The molecule has 0 aliphatic carbocycles. The van der Waals surface area contributed by atoms with Crippen molar-refractivity contribution in [2.45, 2.75) is 12.5 Å². The van der Waals surface area contributed by atoms with Crippen LogP contribution in [0.2, 0.25) is 0 Å². The lowest BCUT2D eigenvalue weighted by atomic mass is 10.2. The van der Waals surface area contributed by atoms with E-state index in [0.29, 0.717) is 18.8 Å². The lowest BCUT2D eigenvalue weighted by Crippen LogP contribution is -2.34. The third-order valence-electron chi connectivity index (χ3n) is 3.22. The summed E-state index contributed by atoms with van der Waals surface area (Å²) in [6, 6.07) is 4.59. The Labute approximate surface area is 130 Å². The highest BCUT2D eigenvalue weighted by molar-refractivity contribution is 14.1. The van der Waals surface area contributed by atoms with Crippen molar-refractivity contribution in [1.82, 2.24) is 4.90 Å². The van der Waals surface area contributed by atoms with E-state index in [4.69, 9.17) is 9.84 Å². The molecule has 1 saturated heterocycles. The topological polar surface area (TPSA) is 78.9 Å². The van der Waals surface area contributed by atoms with Crippen LogP contribution in [0.5, 0.6) is 0 Å². The molecule has 1 aliphatic heterocycles. The summed E-state index contributed by atoms with van der Waals surface area (Å²) in [5.41, 5.74) is 0.400. The summed E-state index contributed by atoms with van der Waals surface area (Å²) in [6.45, 7) is 1.13. The number of carbonyl (C=O) groups excluding carboxylic acids is 1. The van der Waals surface area contributed by atoms with E-state index in [2.05, 4.69) is 5.32 Å². The average molecular weight is 390 g/mol. The molecule has 1 aromatic rings. The number of nitrogens with zero attached hydrogens (tertiary/aromatic N) is 1. The normalized spacial score (nSPS) is 18.1. The number of hydrogen-bond donors (Lipinski definition) is 2. The molecule has 1 atom stereocenters. The monoisotopic (exact) mass is 390 g/mol. The highest BCUT2D eigenvalue weighted by Gasteiger charge is 2.26. The van der Waals surface area contributed by atoms with Gasteiger partial charge in [-0.05, 0) is 47.2 Å². The fraction of sp³-hybridized carbons (Fsp3) is 0.385. The largest absolute Gasteiger partial charge is 0.478 e. The maximum atomic E-state index is 12.1. The van der Waals surface area contributed by atoms with E-state index in [-0.39, 0.29) is 17.7 Å². The second kappa shape index (κ2) is 6.40. The minimum Gasteiger partial charge on any atom is -0.478 e. The molecule has 1 unspecified atom stereocenters. The summed E-state index contributed by atoms with van der Waals surface area (Å²) in [5.74, 6) is -1.06. The summed E-state index contributed by atoms with van der Waals surface area (Å²) in [5, 5.41) is 11.8. The van der Waals surface area contributed by atoms with Gasteiger partial charge in [-0.1, -0.05) is 0 Å². The van der Waals surface area contributed by atoms with Crippen LogP contribution in [-0.2, 0) is 4.74 Å². The second-order valence-electron chi connectivity index (χ2n) is 4.52. The van der Waals surface area contributed by atoms with Gasteiger partial charge in [0.05, 0.1) is 17.4 Å². The Morgan fingerprint density at radius 1 is 1.50 bits per heavy atom. The van der Waals surface area contributed by atoms with Gasteiger partial charge in [-0.15, -0.1) is 0 Å². The van der Waals surface area contributed by atoms with Gasteiger partial charge in [-0.3, -0.25) is 0 Å². The van der Waals surface area contributed by atoms with Crippen LogP contribution < -0.4 is 5.32 Å². The van der Waals surface area contributed by atoms with E-state index >= 15 is 0 Å². The lowest BCUT2D eigenvalue weighted by molar-refractivity contribution is 0.0698. The average Bonchev–Trinajstić information content (AvgIpc) is 2.89. The molecule has 0 spiro atoms. The predicted molar refractivity (Wildman–Crippen MR) is 82.1 cm³/mol. The molecule has 0 saturated carbocycles. The number of hydrogen-bond acceptors (Lipinski definition) is 3. The van der Waals surface area contributed by atoms with Crippen LogP contribution in [0.4, 0.5) is 10.5 Å². The van der Waals surface area contributed by atoms with E-state index in [0.717, 1.165) is 9.99 Å². The summed E-state index contributed by atoms with van der Waals surface area (Å²) in [6.07, 6.45) is 0.846. The highest BCUT2D eigenvalue weighted by atomic mass is 127. The maximum absolute atomic E-state index is 12.1. The van der Waals surface area contributed by atoms with E-state index in [1.165, 1.54) is 6.07 Å². The first-order valence-electron chi connectivity index (χ1n) is 6.13. The first kappa shape index (κ1) is 15.0. The molecule has 0 aromatic heterocycles. The van der Waals surface area contributed by atoms with Gasteiger partial charge in [-0.25, -0.2) is 9.59 Å². The number of carbonyl (C=O) groups is 2. The van der Waals surface area contributed by atoms with Crippen LogP contribution in [-0.4, -0.2) is 48.3 Å². The zero-order valence-electron chi connectivity index (χ0n) is 10.9. The molecular formula is C13H15IN2O4. The smallest absolute Gasteiger partial charge is 0.337 e. The SMILES string of the molecule is COC1CCN(C(=O)Nc2ccc(I)cc2C(=O)O)C1. The van der Waals surface area contributed by atoms with Gasteiger partial charge in [0.15, 0.2) is 0 Å². The number of aromatic carboxylic acids is 1. The number of benzene rings is 1. The molecule has 0 bridgehead atoms. The number of likely N-dealkylation sites (tertiary alicyclic amines) is 1. The third kappa shape index (κ3) is 3.40. The highest BCUT2D eigenvalue weighted by Crippen LogP contribution is 2.20. The Morgan fingerprint density at radius 2 is 2.25 bits per heavy atom. The number of ether oxygens (including phenoxy) is 1. The second-order valence-corrected chi connectivity index (χ2v) is 5.76. The summed E-state index contributed by atoms with van der Waals surface area (Å²) in [4.78, 5) is 24.9. The molecule has 2 rings (SSSR count). The summed E-state index contributed by atoms with van der Waals surface area (Å²) >= 11 is 2.03. The summed E-state index contributed by atoms with van der Waals surface area (Å²) in [7, 11) is 1.62. The Bertz CT molecular complexity index is 535. The molecule has 1 aromatic carbocycles. The van der Waals surface area contributed by atoms with Gasteiger partial charge in [0.2, 0.25) is 0 Å². The van der Waals surface area contributed by atoms with Crippen LogP contribution in [0.3, 0.4) is 0 Å². The van der Waals surface area contributed by atoms with Gasteiger partial charge in [0, 0.05) is 23.8 Å². The molecule has 2 N–H and O–H groups in total. The van der Waals surface area contributed by atoms with Crippen molar-refractivity contribution in [3.05, 3.63) is 27.3 Å². The third-order valence-corrected chi connectivity index (χ3v) is 3.89. The number of methoxy groups -OCH3 is 1. The van der Waals surface area contributed by atoms with Crippen molar-refractivity contribution >= 4 is 40.3 Å². The van der Waals surface area contributed by atoms with Crippen molar-refractivity contribution in [3.63, 3.8) is 0 Å². The minimum absolute atomic E-state index is 0.0522. The van der Waals surface area contributed by atoms with Crippen LogP contribution in [0.25, 0.3) is 0 Å². The standard InChI is InChI=1S/C13H15IN2O4/c1-20-9-4-5-16(7-9)13(19)15-11-3-2-8(14)6-10(11)12(17)18/h2-3,6,9H,4-5,7H2,1H3,(H,15,19)(H,17,18). The molecule has 1 aliphatic rings. The molecule has 0 radical (unpaired) electrons. The molecule has 1 fully saturated rings. The van der Waals surface area contributed by atoms with Crippen LogP contribution >= 0.6 is 22.6 Å². The number of carboxylic acid groups (broad SMARTS) is 1.